The molecule has 43 heavy (non-hydrogen) atoms. The number of nitrogens with zero attached hydrogens (tertiary/aromatic N) is 4. The maximum absolute atomic E-state index is 13.1. The van der Waals surface area contributed by atoms with Gasteiger partial charge in [0.1, 0.15) is 6.61 Å². The fourth-order valence-electron chi connectivity index (χ4n) is 4.45. The van der Waals surface area contributed by atoms with Crippen molar-refractivity contribution < 1.29 is 28.7 Å². The van der Waals surface area contributed by atoms with Crippen molar-refractivity contribution in [1.29, 1.82) is 0 Å². The van der Waals surface area contributed by atoms with E-state index in [1.54, 1.807) is 66.6 Å². The molecule has 2 heterocycles. The zero-order chi connectivity index (χ0) is 30.3. The molecule has 2 amide bonds. The second kappa shape index (κ2) is 13.5. The van der Waals surface area contributed by atoms with Crippen molar-refractivity contribution >= 4 is 46.2 Å². The van der Waals surface area contributed by atoms with Gasteiger partial charge in [-0.25, -0.2) is 4.99 Å². The molecule has 0 radical (unpaired) electrons. The zero-order valence-corrected chi connectivity index (χ0v) is 24.5. The van der Waals surface area contributed by atoms with Gasteiger partial charge in [0.05, 0.1) is 35.3 Å². The van der Waals surface area contributed by atoms with Gasteiger partial charge in [-0.1, -0.05) is 12.1 Å². The predicted octanol–water partition coefficient (Wildman–Crippen LogP) is 5.28. The summed E-state index contributed by atoms with van der Waals surface area (Å²) in [6.07, 6.45) is 1.77. The smallest absolute Gasteiger partial charge is 0.269 e. The molecule has 0 N–H and O–H groups in total. The third-order valence-corrected chi connectivity index (χ3v) is 7.79. The van der Waals surface area contributed by atoms with Crippen molar-refractivity contribution in [2.45, 2.75) is 13.5 Å². The Labute approximate surface area is 252 Å². The molecule has 222 valence electrons. The van der Waals surface area contributed by atoms with E-state index < -0.39 is 4.92 Å². The van der Waals surface area contributed by atoms with E-state index in [0.29, 0.717) is 65.7 Å². The summed E-state index contributed by atoms with van der Waals surface area (Å²) >= 11 is 1.25. The Morgan fingerprint density at radius 1 is 1.07 bits per heavy atom. The average molecular weight is 603 g/mol. The number of ether oxygens (including phenoxy) is 3. The van der Waals surface area contributed by atoms with Gasteiger partial charge in [-0.3, -0.25) is 24.6 Å². The largest absolute Gasteiger partial charge is 0.490 e. The van der Waals surface area contributed by atoms with Gasteiger partial charge in [0, 0.05) is 37.8 Å². The highest BCUT2D eigenvalue weighted by molar-refractivity contribution is 8.18. The van der Waals surface area contributed by atoms with Crippen LogP contribution in [0.4, 0.5) is 11.4 Å². The van der Waals surface area contributed by atoms with Gasteiger partial charge in [-0.15, -0.1) is 0 Å². The summed E-state index contributed by atoms with van der Waals surface area (Å²) < 4.78 is 17.1. The Hall–Kier alpha value is -4.68. The maximum atomic E-state index is 13.1. The first-order valence-corrected chi connectivity index (χ1v) is 14.5. The van der Waals surface area contributed by atoms with E-state index in [4.69, 9.17) is 14.2 Å². The number of non-ortho nitro benzene ring substituents is 1. The molecule has 3 aromatic rings. The molecular formula is C31H30N4O7S. The fraction of sp³-hybridized carbons (Fsp3) is 0.258. The number of carbonyl (C=O) groups is 2. The van der Waals surface area contributed by atoms with Crippen LogP contribution in [-0.2, 0) is 16.1 Å². The van der Waals surface area contributed by atoms with Gasteiger partial charge < -0.3 is 19.1 Å². The highest BCUT2D eigenvalue weighted by Gasteiger charge is 2.30. The van der Waals surface area contributed by atoms with E-state index in [-0.39, 0.29) is 24.1 Å². The van der Waals surface area contributed by atoms with Crippen LogP contribution in [0.1, 0.15) is 28.4 Å². The molecule has 0 aliphatic carbocycles. The third-order valence-electron chi connectivity index (χ3n) is 6.73. The summed E-state index contributed by atoms with van der Waals surface area (Å²) in [5, 5.41) is 11.4. The van der Waals surface area contributed by atoms with Gasteiger partial charge in [-0.2, -0.15) is 0 Å². The molecule has 0 unspecified atom stereocenters. The number of morpholine rings is 1. The van der Waals surface area contributed by atoms with E-state index >= 15 is 0 Å². The number of nitro benzene ring substituents is 1. The van der Waals surface area contributed by atoms with Crippen molar-refractivity contribution in [3.8, 4) is 11.5 Å². The van der Waals surface area contributed by atoms with Gasteiger partial charge in [0.2, 0.25) is 0 Å². The topological polar surface area (TPSA) is 124 Å². The summed E-state index contributed by atoms with van der Waals surface area (Å²) in [6, 6.07) is 18.6. The van der Waals surface area contributed by atoms with Crippen LogP contribution in [0.3, 0.4) is 0 Å². The third kappa shape index (κ3) is 7.22. The lowest BCUT2D eigenvalue weighted by Crippen LogP contribution is -2.40. The SMILES string of the molecule is CCOc1cc(/C=C2/SC(=Nc3cccc(C(=O)N4CCOCC4)c3)N(C)C2=O)ccc1OCc1ccc([N+](=O)[O-])cc1. The van der Waals surface area contributed by atoms with Gasteiger partial charge in [0.25, 0.3) is 17.5 Å². The quantitative estimate of drug-likeness (QED) is 0.184. The number of benzene rings is 3. The zero-order valence-electron chi connectivity index (χ0n) is 23.7. The minimum atomic E-state index is -0.446. The van der Waals surface area contributed by atoms with Crippen molar-refractivity contribution in [2.24, 2.45) is 4.99 Å². The molecule has 2 aliphatic rings. The first-order valence-electron chi connectivity index (χ1n) is 13.7. The molecule has 0 saturated carbocycles. The van der Waals surface area contributed by atoms with Crippen LogP contribution in [0.5, 0.6) is 11.5 Å². The molecule has 2 saturated heterocycles. The number of amidine groups is 1. The Balaban J connectivity index is 1.30. The molecule has 2 fully saturated rings. The number of aliphatic imine (C=N–C) groups is 1. The fourth-order valence-corrected chi connectivity index (χ4v) is 5.43. The van der Waals surface area contributed by atoms with Crippen molar-refractivity contribution in [1.82, 2.24) is 9.80 Å². The Morgan fingerprint density at radius 2 is 1.84 bits per heavy atom. The second-order valence-corrected chi connectivity index (χ2v) is 10.7. The lowest BCUT2D eigenvalue weighted by molar-refractivity contribution is -0.384. The van der Waals surface area contributed by atoms with E-state index in [1.165, 1.54) is 28.8 Å². The number of rotatable bonds is 9. The Kier molecular flexibility index (Phi) is 9.38. The summed E-state index contributed by atoms with van der Waals surface area (Å²) in [6.45, 7) is 4.63. The van der Waals surface area contributed by atoms with E-state index in [2.05, 4.69) is 4.99 Å². The molecule has 2 aliphatic heterocycles. The first-order chi connectivity index (χ1) is 20.8. The minimum Gasteiger partial charge on any atom is -0.490 e. The van der Waals surface area contributed by atoms with E-state index in [1.807, 2.05) is 13.0 Å². The van der Waals surface area contributed by atoms with Crippen molar-refractivity contribution in [3.05, 3.63) is 98.4 Å². The van der Waals surface area contributed by atoms with Gasteiger partial charge in [-0.05, 0) is 78.4 Å². The predicted molar refractivity (Wildman–Crippen MR) is 164 cm³/mol. The number of amides is 2. The number of likely N-dealkylation sites (N-methyl/N-ethyl adjacent to an activating group) is 1. The van der Waals surface area contributed by atoms with Crippen molar-refractivity contribution in [3.63, 3.8) is 0 Å². The average Bonchev–Trinajstić information content (AvgIpc) is 3.28. The maximum Gasteiger partial charge on any atom is 0.269 e. The highest BCUT2D eigenvalue weighted by atomic mass is 32.2. The standard InChI is InChI=1S/C31H30N4O7S/c1-3-41-27-17-22(9-12-26(27)42-20-21-7-10-25(11-8-21)35(38)39)18-28-30(37)33(2)31(43-28)32-24-6-4-5-23(19-24)29(36)34-13-15-40-16-14-34/h4-12,17-19H,3,13-16,20H2,1-2H3/b28-18+,32-31?. The van der Waals surface area contributed by atoms with Gasteiger partial charge in [0.15, 0.2) is 16.7 Å². The molecule has 3 aromatic carbocycles. The normalized spacial score (nSPS) is 17.0. The van der Waals surface area contributed by atoms with Crippen LogP contribution < -0.4 is 9.47 Å². The number of hydrogen-bond acceptors (Lipinski definition) is 9. The summed E-state index contributed by atoms with van der Waals surface area (Å²) in [4.78, 5) is 44.8. The number of carbonyl (C=O) groups excluding carboxylic acids is 2. The van der Waals surface area contributed by atoms with Crippen molar-refractivity contribution in [2.75, 3.05) is 40.0 Å². The highest BCUT2D eigenvalue weighted by Crippen LogP contribution is 2.35. The number of nitro groups is 1. The monoisotopic (exact) mass is 602 g/mol. The molecular weight excluding hydrogens is 572 g/mol. The molecule has 5 rings (SSSR count). The van der Waals surface area contributed by atoms with Crippen LogP contribution in [0.15, 0.2) is 76.6 Å². The molecule has 0 spiro atoms. The lowest BCUT2D eigenvalue weighted by atomic mass is 10.1. The molecule has 12 heteroatoms. The van der Waals surface area contributed by atoms with Gasteiger partial charge >= 0.3 is 0 Å². The van der Waals surface area contributed by atoms with Crippen LogP contribution in [0, 0.1) is 10.1 Å². The second-order valence-electron chi connectivity index (χ2n) is 9.68. The molecule has 0 atom stereocenters. The number of thioether (sulfide) groups is 1. The number of hydrogen-bond donors (Lipinski definition) is 0. The van der Waals surface area contributed by atoms with E-state index in [9.17, 15) is 19.7 Å². The van der Waals surface area contributed by atoms with Crippen LogP contribution in [-0.4, -0.2) is 71.7 Å². The first kappa shape index (κ1) is 29.8. The van der Waals surface area contributed by atoms with E-state index in [0.717, 1.165) is 11.1 Å². The van der Waals surface area contributed by atoms with Crippen LogP contribution in [0.2, 0.25) is 0 Å². The Morgan fingerprint density at radius 3 is 2.56 bits per heavy atom. The Bertz CT molecular complexity index is 1580. The minimum absolute atomic E-state index is 0.0155. The summed E-state index contributed by atoms with van der Waals surface area (Å²) in [7, 11) is 1.67. The summed E-state index contributed by atoms with van der Waals surface area (Å²) in [5.74, 6) is 0.761. The van der Waals surface area contributed by atoms with Crippen LogP contribution in [0.25, 0.3) is 6.08 Å². The lowest BCUT2D eigenvalue weighted by Gasteiger charge is -2.26. The molecule has 11 nitrogen and oxygen atoms in total. The summed E-state index contributed by atoms with van der Waals surface area (Å²) in [5.41, 5.74) is 2.65. The molecule has 0 bridgehead atoms. The molecule has 0 aromatic heterocycles. The van der Waals surface area contributed by atoms with Crippen LogP contribution >= 0.6 is 11.8 Å².